The summed E-state index contributed by atoms with van der Waals surface area (Å²) in [5.74, 6) is 1.34. The third-order valence-electron chi connectivity index (χ3n) is 6.46. The van der Waals surface area contributed by atoms with Crippen LogP contribution in [-0.4, -0.2) is 57.0 Å². The van der Waals surface area contributed by atoms with Gasteiger partial charge in [0.2, 0.25) is 0 Å². The van der Waals surface area contributed by atoms with E-state index in [2.05, 4.69) is 17.9 Å². The molecule has 0 spiro atoms. The van der Waals surface area contributed by atoms with Gasteiger partial charge in [-0.3, -0.25) is 9.89 Å². The van der Waals surface area contributed by atoms with E-state index >= 15 is 0 Å². The molecule has 1 aromatic carbocycles. The number of hydrogen-bond donors (Lipinski definition) is 0. The maximum absolute atomic E-state index is 12.4. The van der Waals surface area contributed by atoms with Crippen molar-refractivity contribution in [1.29, 1.82) is 0 Å². The van der Waals surface area contributed by atoms with Crippen LogP contribution < -0.4 is 4.74 Å². The molecule has 6 heteroatoms. The summed E-state index contributed by atoms with van der Waals surface area (Å²) in [6.45, 7) is 4.17. The van der Waals surface area contributed by atoms with E-state index in [1.54, 1.807) is 20.5 Å². The van der Waals surface area contributed by atoms with Gasteiger partial charge in [-0.15, -0.1) is 0 Å². The van der Waals surface area contributed by atoms with Crippen LogP contribution in [0.15, 0.2) is 35.0 Å². The Labute approximate surface area is 166 Å². The molecule has 150 valence electrons. The molecule has 0 amide bonds. The van der Waals surface area contributed by atoms with Crippen molar-refractivity contribution in [3.63, 3.8) is 0 Å². The van der Waals surface area contributed by atoms with Gasteiger partial charge in [-0.05, 0) is 43.4 Å². The highest BCUT2D eigenvalue weighted by atomic mass is 16.5. The lowest BCUT2D eigenvalue weighted by Gasteiger charge is -2.47. The predicted octanol–water partition coefficient (Wildman–Crippen LogP) is 3.30. The Balaban J connectivity index is 1.66. The van der Waals surface area contributed by atoms with Crippen molar-refractivity contribution < 1.29 is 19.0 Å². The van der Waals surface area contributed by atoms with Crippen LogP contribution in [0.1, 0.15) is 31.2 Å². The number of piperidine rings is 2. The van der Waals surface area contributed by atoms with Crippen LogP contribution in [0.2, 0.25) is 0 Å². The largest absolute Gasteiger partial charge is 0.504 e. The van der Waals surface area contributed by atoms with Gasteiger partial charge in [0.1, 0.15) is 5.75 Å². The quantitative estimate of drug-likeness (QED) is 0.453. The van der Waals surface area contributed by atoms with Gasteiger partial charge in [-0.2, -0.15) is 0 Å². The molecule has 0 N–H and O–H groups in total. The van der Waals surface area contributed by atoms with Crippen LogP contribution in [0.25, 0.3) is 0 Å². The van der Waals surface area contributed by atoms with Crippen molar-refractivity contribution >= 4 is 17.4 Å². The second-order valence-electron chi connectivity index (χ2n) is 7.90. The Morgan fingerprint density at radius 1 is 1.29 bits per heavy atom. The molecule has 2 saturated heterocycles. The van der Waals surface area contributed by atoms with Gasteiger partial charge < -0.3 is 14.2 Å². The van der Waals surface area contributed by atoms with Crippen molar-refractivity contribution in [3.05, 3.63) is 35.6 Å². The van der Waals surface area contributed by atoms with E-state index in [1.165, 1.54) is 18.4 Å². The molecule has 1 aromatic rings. The minimum Gasteiger partial charge on any atom is -0.504 e. The Hall–Kier alpha value is -2.34. The number of esters is 1. The van der Waals surface area contributed by atoms with Gasteiger partial charge in [0.05, 0.1) is 38.9 Å². The van der Waals surface area contributed by atoms with Crippen LogP contribution >= 0.6 is 0 Å². The van der Waals surface area contributed by atoms with Crippen molar-refractivity contribution in [1.82, 2.24) is 4.90 Å². The molecule has 0 saturated carbocycles. The SMILES string of the molecule is CO/C=C(/C(=O)OC)[C@H]1CC2C3=Nc4cccc(OC)c4C3CCN2C[C@@H]1C. The summed E-state index contributed by atoms with van der Waals surface area (Å²) in [5.41, 5.74) is 4.07. The smallest absolute Gasteiger partial charge is 0.337 e. The molecular weight excluding hydrogens is 356 g/mol. The highest BCUT2D eigenvalue weighted by Gasteiger charge is 2.46. The van der Waals surface area contributed by atoms with E-state index in [0.29, 0.717) is 17.4 Å². The zero-order valence-electron chi connectivity index (χ0n) is 17.0. The van der Waals surface area contributed by atoms with Crippen LogP contribution in [0, 0.1) is 11.8 Å². The summed E-state index contributed by atoms with van der Waals surface area (Å²) >= 11 is 0. The zero-order chi connectivity index (χ0) is 19.8. The summed E-state index contributed by atoms with van der Waals surface area (Å²) in [4.78, 5) is 19.9. The molecular formula is C22H28N2O4. The first-order valence-electron chi connectivity index (χ1n) is 9.89. The topological polar surface area (TPSA) is 60.4 Å². The fraction of sp³-hybridized carbons (Fsp3) is 0.545. The lowest BCUT2D eigenvalue weighted by atomic mass is 9.73. The molecule has 3 aliphatic heterocycles. The van der Waals surface area contributed by atoms with Crippen LogP contribution in [0.5, 0.6) is 5.75 Å². The summed E-state index contributed by atoms with van der Waals surface area (Å²) in [5, 5.41) is 0. The maximum atomic E-state index is 12.4. The molecule has 4 atom stereocenters. The zero-order valence-corrected chi connectivity index (χ0v) is 17.0. The number of ether oxygens (including phenoxy) is 3. The second-order valence-corrected chi connectivity index (χ2v) is 7.90. The molecule has 4 rings (SSSR count). The molecule has 0 radical (unpaired) electrons. The number of hydrogen-bond acceptors (Lipinski definition) is 6. The first-order valence-corrected chi connectivity index (χ1v) is 9.89. The monoisotopic (exact) mass is 384 g/mol. The van der Waals surface area contributed by atoms with E-state index in [9.17, 15) is 4.79 Å². The van der Waals surface area contributed by atoms with Gasteiger partial charge in [0.25, 0.3) is 0 Å². The molecule has 2 unspecified atom stereocenters. The maximum Gasteiger partial charge on any atom is 0.337 e. The van der Waals surface area contributed by atoms with Crippen molar-refractivity contribution in [2.24, 2.45) is 16.8 Å². The highest BCUT2D eigenvalue weighted by Crippen LogP contribution is 2.49. The first-order chi connectivity index (χ1) is 13.6. The van der Waals surface area contributed by atoms with Crippen molar-refractivity contribution in [3.8, 4) is 5.75 Å². The lowest BCUT2D eigenvalue weighted by molar-refractivity contribution is -0.137. The minimum absolute atomic E-state index is 0.0840. The van der Waals surface area contributed by atoms with Crippen molar-refractivity contribution in [2.75, 3.05) is 34.4 Å². The molecule has 0 aliphatic carbocycles. The average Bonchev–Trinajstić information content (AvgIpc) is 3.10. The highest BCUT2D eigenvalue weighted by molar-refractivity contribution is 6.03. The molecule has 2 fully saturated rings. The van der Waals surface area contributed by atoms with Crippen LogP contribution in [0.3, 0.4) is 0 Å². The summed E-state index contributed by atoms with van der Waals surface area (Å²) in [6, 6.07) is 6.31. The number of carbonyl (C=O) groups is 1. The number of rotatable bonds is 4. The fourth-order valence-electron chi connectivity index (χ4n) is 5.18. The summed E-state index contributed by atoms with van der Waals surface area (Å²) < 4.78 is 15.9. The third kappa shape index (κ3) is 3.00. The Morgan fingerprint density at radius 2 is 2.11 bits per heavy atom. The number of fused-ring (bicyclic) bond motifs is 5. The molecule has 28 heavy (non-hydrogen) atoms. The number of methoxy groups -OCH3 is 3. The number of nitrogens with zero attached hydrogens (tertiary/aromatic N) is 2. The molecule has 3 aliphatic rings. The van der Waals surface area contributed by atoms with Gasteiger partial charge in [-0.1, -0.05) is 13.0 Å². The van der Waals surface area contributed by atoms with Crippen LogP contribution in [-0.2, 0) is 14.3 Å². The number of carbonyl (C=O) groups excluding carboxylic acids is 1. The Bertz CT molecular complexity index is 832. The summed E-state index contributed by atoms with van der Waals surface area (Å²) in [7, 11) is 4.72. The van der Waals surface area contributed by atoms with E-state index in [-0.39, 0.29) is 17.9 Å². The molecule has 0 bridgehead atoms. The van der Waals surface area contributed by atoms with E-state index in [1.807, 2.05) is 12.1 Å². The average molecular weight is 384 g/mol. The lowest BCUT2D eigenvalue weighted by Crippen LogP contribution is -2.55. The minimum atomic E-state index is -0.308. The Morgan fingerprint density at radius 3 is 2.82 bits per heavy atom. The van der Waals surface area contributed by atoms with Gasteiger partial charge in [0.15, 0.2) is 0 Å². The summed E-state index contributed by atoms with van der Waals surface area (Å²) in [6.07, 6.45) is 3.45. The molecule has 6 nitrogen and oxygen atoms in total. The van der Waals surface area contributed by atoms with E-state index < -0.39 is 0 Å². The van der Waals surface area contributed by atoms with E-state index in [0.717, 1.165) is 37.4 Å². The standard InChI is InChI=1S/C22H28N2O4/c1-13-11-24-9-8-14-20-17(6-5-7-19(20)27-3)23-21(14)18(24)10-15(13)16(12-26-2)22(25)28-4/h5-7,12-15,18H,8-11H2,1-4H3/b16-12+/t13-,14?,15-,18?/m0/s1. The number of aliphatic imine (C=N–C) groups is 1. The first kappa shape index (κ1) is 19.0. The molecule has 3 heterocycles. The van der Waals surface area contributed by atoms with Crippen molar-refractivity contribution in [2.45, 2.75) is 31.7 Å². The third-order valence-corrected chi connectivity index (χ3v) is 6.46. The predicted molar refractivity (Wildman–Crippen MR) is 107 cm³/mol. The fourth-order valence-corrected chi connectivity index (χ4v) is 5.18. The van der Waals surface area contributed by atoms with Gasteiger partial charge in [0, 0.05) is 29.8 Å². The Kier molecular flexibility index (Phi) is 5.15. The van der Waals surface area contributed by atoms with Gasteiger partial charge in [-0.25, -0.2) is 4.79 Å². The van der Waals surface area contributed by atoms with E-state index in [4.69, 9.17) is 19.2 Å². The van der Waals surface area contributed by atoms with Crippen LogP contribution in [0.4, 0.5) is 5.69 Å². The number of benzene rings is 1. The molecule has 0 aromatic heterocycles. The van der Waals surface area contributed by atoms with Gasteiger partial charge >= 0.3 is 5.97 Å². The second kappa shape index (κ2) is 7.59. The normalized spacial score (nSPS) is 29.3.